The van der Waals surface area contributed by atoms with E-state index in [2.05, 4.69) is 38.2 Å². The fraction of sp³-hybridized carbons (Fsp3) is 0.429. The van der Waals surface area contributed by atoms with E-state index in [0.717, 1.165) is 25.3 Å². The molecule has 1 aromatic carbocycles. The molecule has 4 heterocycles. The van der Waals surface area contributed by atoms with E-state index in [9.17, 15) is 4.79 Å². The number of ether oxygens (including phenoxy) is 2. The van der Waals surface area contributed by atoms with Crippen LogP contribution in [-0.2, 0) is 16.1 Å². The minimum absolute atomic E-state index is 0.293. The van der Waals surface area contributed by atoms with Gasteiger partial charge < -0.3 is 25.0 Å². The van der Waals surface area contributed by atoms with Gasteiger partial charge in [0.1, 0.15) is 5.75 Å². The first-order chi connectivity index (χ1) is 19.1. The lowest BCUT2D eigenvalue weighted by Gasteiger charge is -2.31. The Morgan fingerprint density at radius 3 is 2.72 bits per heavy atom. The molecule has 1 amide bonds. The number of morpholine rings is 1. The summed E-state index contributed by atoms with van der Waals surface area (Å²) in [7, 11) is 1.62. The van der Waals surface area contributed by atoms with Crippen molar-refractivity contribution in [2.24, 2.45) is 0 Å². The largest absolute Gasteiger partial charge is 0.494 e. The van der Waals surface area contributed by atoms with Crippen molar-refractivity contribution in [2.45, 2.75) is 31.7 Å². The maximum Gasteiger partial charge on any atom is 0.247 e. The molecule has 0 unspecified atom stereocenters. The van der Waals surface area contributed by atoms with Gasteiger partial charge >= 0.3 is 0 Å². The van der Waals surface area contributed by atoms with Gasteiger partial charge in [0, 0.05) is 55.6 Å². The van der Waals surface area contributed by atoms with Crippen LogP contribution >= 0.6 is 0 Å². The summed E-state index contributed by atoms with van der Waals surface area (Å²) in [5.41, 5.74) is 4.59. The number of nitrogens with one attached hydrogen (secondary N) is 2. The van der Waals surface area contributed by atoms with Gasteiger partial charge in [-0.05, 0) is 44.5 Å². The normalized spacial score (nSPS) is 17.4. The SMILES string of the molecule is C=CC(=O)Nc1cc(Nc2nccc(-n3cc(CN4CCC4)c(C4CC4)n3)n2)c(OC)cc1N1CCOCC1. The molecule has 6 rings (SSSR count). The number of benzene rings is 1. The number of carbonyl (C=O) groups excluding carboxylic acids is 1. The predicted molar refractivity (Wildman–Crippen MR) is 149 cm³/mol. The first-order valence-corrected chi connectivity index (χ1v) is 13.5. The maximum absolute atomic E-state index is 12.3. The number of anilines is 4. The van der Waals surface area contributed by atoms with Crippen LogP contribution in [0.1, 0.15) is 36.4 Å². The molecule has 2 aliphatic heterocycles. The van der Waals surface area contributed by atoms with Gasteiger partial charge in [0.25, 0.3) is 0 Å². The molecule has 3 aliphatic rings. The second-order valence-corrected chi connectivity index (χ2v) is 10.1. The Balaban J connectivity index is 1.29. The van der Waals surface area contributed by atoms with E-state index in [1.54, 1.807) is 13.3 Å². The van der Waals surface area contributed by atoms with Gasteiger partial charge in [-0.1, -0.05) is 6.58 Å². The Morgan fingerprint density at radius 2 is 2.03 bits per heavy atom. The predicted octanol–water partition coefficient (Wildman–Crippen LogP) is 3.46. The molecule has 2 aromatic heterocycles. The number of methoxy groups -OCH3 is 1. The molecule has 0 spiro atoms. The van der Waals surface area contributed by atoms with E-state index in [-0.39, 0.29) is 5.91 Å². The molecular weight excluding hydrogens is 496 g/mol. The van der Waals surface area contributed by atoms with Crippen LogP contribution in [0, 0.1) is 0 Å². The number of nitrogens with zero attached hydrogens (tertiary/aromatic N) is 6. The highest BCUT2D eigenvalue weighted by Crippen LogP contribution is 2.42. The molecule has 3 aromatic rings. The molecule has 2 N–H and O–H groups in total. The summed E-state index contributed by atoms with van der Waals surface area (Å²) in [5, 5.41) is 11.1. The fourth-order valence-corrected chi connectivity index (χ4v) is 4.99. The number of likely N-dealkylation sites (tertiary alicyclic amines) is 1. The lowest BCUT2D eigenvalue weighted by molar-refractivity contribution is -0.111. The van der Waals surface area contributed by atoms with E-state index in [0.29, 0.717) is 61.1 Å². The summed E-state index contributed by atoms with van der Waals surface area (Å²) in [6.45, 7) is 9.49. The maximum atomic E-state index is 12.3. The van der Waals surface area contributed by atoms with Crippen LogP contribution < -0.4 is 20.3 Å². The Labute approximate surface area is 227 Å². The molecule has 1 saturated carbocycles. The molecule has 204 valence electrons. The van der Waals surface area contributed by atoms with Crippen molar-refractivity contribution < 1.29 is 14.3 Å². The van der Waals surface area contributed by atoms with Crippen molar-refractivity contribution in [3.63, 3.8) is 0 Å². The highest BCUT2D eigenvalue weighted by Gasteiger charge is 2.31. The van der Waals surface area contributed by atoms with Crippen molar-refractivity contribution in [1.29, 1.82) is 0 Å². The van der Waals surface area contributed by atoms with Gasteiger partial charge in [-0.15, -0.1) is 0 Å². The van der Waals surface area contributed by atoms with E-state index < -0.39 is 0 Å². The quantitative estimate of drug-likeness (QED) is 0.381. The average molecular weight is 531 g/mol. The molecule has 39 heavy (non-hydrogen) atoms. The van der Waals surface area contributed by atoms with Crippen molar-refractivity contribution in [3.8, 4) is 11.6 Å². The number of aromatic nitrogens is 4. The van der Waals surface area contributed by atoms with Crippen LogP contribution in [0.25, 0.3) is 5.82 Å². The third kappa shape index (κ3) is 5.59. The van der Waals surface area contributed by atoms with Crippen molar-refractivity contribution in [3.05, 3.63) is 54.5 Å². The summed E-state index contributed by atoms with van der Waals surface area (Å²) >= 11 is 0. The minimum atomic E-state index is -0.293. The molecule has 1 aliphatic carbocycles. The van der Waals surface area contributed by atoms with Crippen molar-refractivity contribution in [1.82, 2.24) is 24.6 Å². The Hall–Kier alpha value is -3.96. The zero-order valence-electron chi connectivity index (χ0n) is 22.2. The van der Waals surface area contributed by atoms with Gasteiger partial charge in [0.05, 0.1) is 43.1 Å². The second kappa shape index (κ2) is 11.0. The van der Waals surface area contributed by atoms with Crippen LogP contribution in [0.4, 0.5) is 23.0 Å². The number of hydrogen-bond donors (Lipinski definition) is 2. The molecule has 0 radical (unpaired) electrons. The van der Waals surface area contributed by atoms with Crippen LogP contribution in [-0.4, -0.2) is 77.1 Å². The Kier molecular flexibility index (Phi) is 7.16. The summed E-state index contributed by atoms with van der Waals surface area (Å²) in [6, 6.07) is 5.61. The first-order valence-electron chi connectivity index (χ1n) is 13.5. The van der Waals surface area contributed by atoms with Crippen LogP contribution in [0.2, 0.25) is 0 Å². The standard InChI is InChI=1S/C28H34N8O3/c1-3-26(37)30-21-15-22(24(38-2)16-23(21)35-11-13-39-14-12-35)31-28-29-8-7-25(32-28)36-18-20(17-34-9-4-10-34)27(33-36)19-5-6-19/h3,7-8,15-16,18-19H,1,4-6,9-14,17H2,2H3,(H,30,37)(H,29,31,32). The molecule has 3 fully saturated rings. The van der Waals surface area contributed by atoms with Gasteiger partial charge in [-0.25, -0.2) is 9.67 Å². The highest BCUT2D eigenvalue weighted by atomic mass is 16.5. The van der Waals surface area contributed by atoms with Gasteiger partial charge in [0.2, 0.25) is 11.9 Å². The molecule has 11 nitrogen and oxygen atoms in total. The highest BCUT2D eigenvalue weighted by molar-refractivity contribution is 6.02. The Morgan fingerprint density at radius 1 is 1.21 bits per heavy atom. The van der Waals surface area contributed by atoms with E-state index >= 15 is 0 Å². The van der Waals surface area contributed by atoms with Crippen molar-refractivity contribution >= 4 is 28.9 Å². The molecule has 11 heteroatoms. The minimum Gasteiger partial charge on any atom is -0.494 e. The third-order valence-electron chi connectivity index (χ3n) is 7.36. The molecule has 2 saturated heterocycles. The smallest absolute Gasteiger partial charge is 0.247 e. The summed E-state index contributed by atoms with van der Waals surface area (Å²) in [4.78, 5) is 26.1. The van der Waals surface area contributed by atoms with E-state index in [1.807, 2.05) is 22.9 Å². The Bertz CT molecular complexity index is 1360. The number of carbonyl (C=O) groups is 1. The number of amides is 1. The van der Waals surface area contributed by atoms with Gasteiger partial charge in [-0.2, -0.15) is 10.1 Å². The van der Waals surface area contributed by atoms with Crippen LogP contribution in [0.15, 0.2) is 43.2 Å². The monoisotopic (exact) mass is 530 g/mol. The zero-order valence-corrected chi connectivity index (χ0v) is 22.2. The molecular formula is C28H34N8O3. The average Bonchev–Trinajstić information content (AvgIpc) is 3.70. The van der Waals surface area contributed by atoms with Gasteiger partial charge in [-0.3, -0.25) is 9.69 Å². The number of rotatable bonds is 10. The summed E-state index contributed by atoms with van der Waals surface area (Å²) in [5.74, 6) is 1.96. The third-order valence-corrected chi connectivity index (χ3v) is 7.36. The van der Waals surface area contributed by atoms with E-state index in [1.165, 1.54) is 36.6 Å². The van der Waals surface area contributed by atoms with E-state index in [4.69, 9.17) is 19.6 Å². The van der Waals surface area contributed by atoms with Gasteiger partial charge in [0.15, 0.2) is 5.82 Å². The summed E-state index contributed by atoms with van der Waals surface area (Å²) in [6.07, 6.45) is 8.75. The van der Waals surface area contributed by atoms with Crippen LogP contribution in [0.5, 0.6) is 5.75 Å². The zero-order chi connectivity index (χ0) is 26.8. The number of hydrogen-bond acceptors (Lipinski definition) is 9. The fourth-order valence-electron chi connectivity index (χ4n) is 4.99. The second-order valence-electron chi connectivity index (χ2n) is 10.1. The summed E-state index contributed by atoms with van der Waals surface area (Å²) < 4.78 is 13.1. The lowest BCUT2D eigenvalue weighted by Crippen LogP contribution is -2.36. The topological polar surface area (TPSA) is 110 Å². The first kappa shape index (κ1) is 25.3. The van der Waals surface area contributed by atoms with Crippen molar-refractivity contribution in [2.75, 3.05) is 62.0 Å². The molecule has 0 bridgehead atoms. The van der Waals surface area contributed by atoms with Crippen LogP contribution in [0.3, 0.4) is 0 Å². The molecule has 0 atom stereocenters. The lowest BCUT2D eigenvalue weighted by atomic mass is 10.1.